The van der Waals surface area contributed by atoms with Gasteiger partial charge in [0.25, 0.3) is 0 Å². The fourth-order valence-electron chi connectivity index (χ4n) is 2.32. The van der Waals surface area contributed by atoms with Crippen LogP contribution in [0.15, 0.2) is 12.1 Å². The molecule has 1 aliphatic heterocycles. The van der Waals surface area contributed by atoms with Crippen molar-refractivity contribution in [1.82, 2.24) is 0 Å². The zero-order valence-corrected chi connectivity index (χ0v) is 13.7. The van der Waals surface area contributed by atoms with Crippen LogP contribution in [0.1, 0.15) is 50.5 Å². The molecule has 0 spiro atoms. The van der Waals surface area contributed by atoms with E-state index in [-0.39, 0.29) is 10.6 Å². The van der Waals surface area contributed by atoms with Crippen LogP contribution >= 0.6 is 11.6 Å². The molecule has 1 aromatic carbocycles. The molecule has 0 unspecified atom stereocenters. The fourth-order valence-corrected chi connectivity index (χ4v) is 2.65. The average molecular weight is 311 g/mol. The number of carboxylic acid groups (broad SMARTS) is 1. The number of rotatable bonds is 3. The Morgan fingerprint density at radius 3 is 2.19 bits per heavy atom. The van der Waals surface area contributed by atoms with E-state index in [9.17, 15) is 9.90 Å². The van der Waals surface area contributed by atoms with E-state index in [1.165, 1.54) is 0 Å². The first-order valence-electron chi connectivity index (χ1n) is 7.00. The standard InChI is InChI=1S/C15H20BClO4/c1-6-9-7-10(8-11(17)12(9)13(18)19)16-20-14(2,3)15(4,5)21-16/h7-8H,6H2,1-5H3,(H,18,19). The summed E-state index contributed by atoms with van der Waals surface area (Å²) in [5.74, 6) is -1.02. The lowest BCUT2D eigenvalue weighted by molar-refractivity contribution is 0.00578. The summed E-state index contributed by atoms with van der Waals surface area (Å²) in [6, 6.07) is 3.42. The summed E-state index contributed by atoms with van der Waals surface area (Å²) in [5.41, 5.74) is 0.698. The van der Waals surface area contributed by atoms with E-state index in [0.717, 1.165) is 5.46 Å². The number of aromatic carboxylic acids is 1. The summed E-state index contributed by atoms with van der Waals surface area (Å²) in [7, 11) is -0.541. The Bertz CT molecular complexity index is 567. The molecule has 0 bridgehead atoms. The molecule has 114 valence electrons. The maximum atomic E-state index is 11.3. The van der Waals surface area contributed by atoms with Crippen LogP contribution in [0.5, 0.6) is 0 Å². The maximum absolute atomic E-state index is 11.3. The Labute approximate surface area is 130 Å². The van der Waals surface area contributed by atoms with Crippen molar-refractivity contribution in [3.05, 3.63) is 28.3 Å². The number of halogens is 1. The summed E-state index contributed by atoms with van der Waals surface area (Å²) >= 11 is 6.14. The van der Waals surface area contributed by atoms with E-state index in [2.05, 4.69) is 0 Å². The van der Waals surface area contributed by atoms with Crippen LogP contribution < -0.4 is 5.46 Å². The van der Waals surface area contributed by atoms with Crippen molar-refractivity contribution >= 4 is 30.2 Å². The smallest absolute Gasteiger partial charge is 0.478 e. The molecule has 0 amide bonds. The van der Waals surface area contributed by atoms with Crippen LogP contribution in [0.25, 0.3) is 0 Å². The Kier molecular flexibility index (Phi) is 4.13. The molecular weight excluding hydrogens is 290 g/mol. The SMILES string of the molecule is CCc1cc(B2OC(C)(C)C(C)(C)O2)cc(Cl)c1C(=O)O. The Balaban J connectivity index is 2.44. The number of carbonyl (C=O) groups is 1. The highest BCUT2D eigenvalue weighted by atomic mass is 35.5. The molecule has 1 N–H and O–H groups in total. The Morgan fingerprint density at radius 2 is 1.76 bits per heavy atom. The van der Waals surface area contributed by atoms with Gasteiger partial charge in [-0.15, -0.1) is 0 Å². The van der Waals surface area contributed by atoms with Crippen molar-refractivity contribution in [3.63, 3.8) is 0 Å². The van der Waals surface area contributed by atoms with E-state index in [4.69, 9.17) is 20.9 Å². The third-order valence-corrected chi connectivity index (χ3v) is 4.61. The lowest BCUT2D eigenvalue weighted by Crippen LogP contribution is -2.41. The van der Waals surface area contributed by atoms with Crippen molar-refractivity contribution in [2.45, 2.75) is 52.2 Å². The molecular formula is C15H20BClO4. The van der Waals surface area contributed by atoms with Gasteiger partial charge >= 0.3 is 13.1 Å². The topological polar surface area (TPSA) is 55.8 Å². The van der Waals surface area contributed by atoms with E-state index >= 15 is 0 Å². The van der Waals surface area contributed by atoms with Gasteiger partial charge < -0.3 is 14.4 Å². The van der Waals surface area contributed by atoms with Gasteiger partial charge in [-0.3, -0.25) is 0 Å². The average Bonchev–Trinajstić information content (AvgIpc) is 2.56. The Morgan fingerprint density at radius 1 is 1.24 bits per heavy atom. The molecule has 0 aliphatic carbocycles. The number of hydrogen-bond acceptors (Lipinski definition) is 3. The van der Waals surface area contributed by atoms with Gasteiger partial charge in [0, 0.05) is 0 Å². The highest BCUT2D eigenvalue weighted by Gasteiger charge is 2.51. The molecule has 0 atom stereocenters. The van der Waals surface area contributed by atoms with Gasteiger partial charge in [-0.05, 0) is 51.2 Å². The second-order valence-electron chi connectivity index (χ2n) is 6.28. The molecule has 4 nitrogen and oxygen atoms in total. The molecule has 0 saturated carbocycles. The number of carboxylic acids is 1. The van der Waals surface area contributed by atoms with Gasteiger partial charge in [-0.2, -0.15) is 0 Å². The normalized spacial score (nSPS) is 19.8. The van der Waals surface area contributed by atoms with Gasteiger partial charge in [0.2, 0.25) is 0 Å². The second kappa shape index (κ2) is 5.31. The third kappa shape index (κ3) is 2.82. The molecule has 1 heterocycles. The molecule has 1 aromatic rings. The highest BCUT2D eigenvalue weighted by Crippen LogP contribution is 2.36. The third-order valence-electron chi connectivity index (χ3n) is 4.31. The van der Waals surface area contributed by atoms with Crippen LogP contribution in [0, 0.1) is 0 Å². The molecule has 1 saturated heterocycles. The first-order valence-corrected chi connectivity index (χ1v) is 7.38. The molecule has 1 aliphatic rings. The minimum Gasteiger partial charge on any atom is -0.478 e. The largest absolute Gasteiger partial charge is 0.494 e. The highest BCUT2D eigenvalue weighted by molar-refractivity contribution is 6.62. The van der Waals surface area contributed by atoms with Crippen LogP contribution in [0.2, 0.25) is 5.02 Å². The van der Waals surface area contributed by atoms with Crippen molar-refractivity contribution < 1.29 is 19.2 Å². The van der Waals surface area contributed by atoms with Crippen molar-refractivity contribution in [3.8, 4) is 0 Å². The number of benzene rings is 1. The molecule has 2 rings (SSSR count). The minimum atomic E-state index is -1.02. The first-order chi connectivity index (χ1) is 9.59. The van der Waals surface area contributed by atoms with Crippen molar-refractivity contribution in [2.24, 2.45) is 0 Å². The lowest BCUT2D eigenvalue weighted by Gasteiger charge is -2.32. The summed E-state index contributed by atoms with van der Waals surface area (Å²) in [4.78, 5) is 11.3. The van der Waals surface area contributed by atoms with Gasteiger partial charge in [-0.1, -0.05) is 24.6 Å². The van der Waals surface area contributed by atoms with Crippen molar-refractivity contribution in [1.29, 1.82) is 0 Å². The van der Waals surface area contributed by atoms with Gasteiger partial charge in [-0.25, -0.2) is 4.79 Å². The monoisotopic (exact) mass is 310 g/mol. The van der Waals surface area contributed by atoms with Gasteiger partial charge in [0.05, 0.1) is 21.8 Å². The predicted molar refractivity (Wildman–Crippen MR) is 83.5 cm³/mol. The van der Waals surface area contributed by atoms with E-state index in [1.54, 1.807) is 12.1 Å². The molecule has 1 fully saturated rings. The molecule has 21 heavy (non-hydrogen) atoms. The van der Waals surface area contributed by atoms with E-state index < -0.39 is 24.3 Å². The first kappa shape index (κ1) is 16.3. The van der Waals surface area contributed by atoms with Gasteiger partial charge in [0.1, 0.15) is 0 Å². The van der Waals surface area contributed by atoms with Crippen LogP contribution in [0.4, 0.5) is 0 Å². The van der Waals surface area contributed by atoms with Crippen LogP contribution in [-0.4, -0.2) is 29.4 Å². The van der Waals surface area contributed by atoms with Crippen molar-refractivity contribution in [2.75, 3.05) is 0 Å². The Hall–Kier alpha value is -1.04. The summed E-state index contributed by atoms with van der Waals surface area (Å²) in [5, 5.41) is 9.47. The lowest BCUT2D eigenvalue weighted by atomic mass is 9.77. The molecule has 0 aromatic heterocycles. The maximum Gasteiger partial charge on any atom is 0.494 e. The summed E-state index contributed by atoms with van der Waals surface area (Å²) < 4.78 is 12.0. The predicted octanol–water partition coefficient (Wildman–Crippen LogP) is 2.90. The second-order valence-corrected chi connectivity index (χ2v) is 6.69. The number of aryl methyl sites for hydroxylation is 1. The zero-order chi connectivity index (χ0) is 16.0. The summed E-state index contributed by atoms with van der Waals surface area (Å²) in [6.07, 6.45) is 0.578. The molecule has 6 heteroatoms. The van der Waals surface area contributed by atoms with E-state index in [0.29, 0.717) is 12.0 Å². The van der Waals surface area contributed by atoms with E-state index in [1.807, 2.05) is 34.6 Å². The zero-order valence-electron chi connectivity index (χ0n) is 13.0. The number of hydrogen-bond donors (Lipinski definition) is 1. The van der Waals surface area contributed by atoms with Crippen LogP contribution in [0.3, 0.4) is 0 Å². The minimum absolute atomic E-state index is 0.152. The fraction of sp³-hybridized carbons (Fsp3) is 0.533. The van der Waals surface area contributed by atoms with Gasteiger partial charge in [0.15, 0.2) is 0 Å². The van der Waals surface area contributed by atoms with Crippen LogP contribution in [-0.2, 0) is 15.7 Å². The quantitative estimate of drug-likeness (QED) is 0.872. The molecule has 0 radical (unpaired) electrons. The summed E-state index contributed by atoms with van der Waals surface area (Å²) in [6.45, 7) is 9.79.